The van der Waals surface area contributed by atoms with Crippen LogP contribution in [-0.4, -0.2) is 19.5 Å². The second kappa shape index (κ2) is 7.24. The van der Waals surface area contributed by atoms with Crippen molar-refractivity contribution in [2.45, 2.75) is 33.7 Å². The van der Waals surface area contributed by atoms with Crippen molar-refractivity contribution in [3.8, 4) is 0 Å². The predicted molar refractivity (Wildman–Crippen MR) is 96.1 cm³/mol. The Kier molecular flexibility index (Phi) is 5.23. The summed E-state index contributed by atoms with van der Waals surface area (Å²) in [5.41, 5.74) is 6.38. The fourth-order valence-electron chi connectivity index (χ4n) is 3.31. The van der Waals surface area contributed by atoms with E-state index in [0.29, 0.717) is 0 Å². The molecule has 0 N–H and O–H groups in total. The normalized spacial score (nSPS) is 11.0. The van der Waals surface area contributed by atoms with Gasteiger partial charge < -0.3 is 9.55 Å². The third-order valence-corrected chi connectivity index (χ3v) is 4.43. The smallest absolute Gasteiger partial charge is 0.386 e. The summed E-state index contributed by atoms with van der Waals surface area (Å²) in [6, 6.07) is 12.3. The topological polar surface area (TPSA) is 43.6 Å². The summed E-state index contributed by atoms with van der Waals surface area (Å²) in [7, 11) is 0. The maximum atomic E-state index is 4.83. The number of aryl methyl sites for hydroxylation is 3. The first kappa shape index (κ1) is 18.1. The van der Waals surface area contributed by atoms with E-state index in [4.69, 9.17) is 9.97 Å². The number of imidazole rings is 1. The molecule has 0 aliphatic rings. The molecule has 120 valence electrons. The van der Waals surface area contributed by atoms with Crippen LogP contribution in [0.25, 0.3) is 22.1 Å². The number of nitrogens with zero attached hydrogens (tertiary/aromatic N) is 4. The van der Waals surface area contributed by atoms with Gasteiger partial charge in [0.2, 0.25) is 0 Å². The Morgan fingerprint density at radius 3 is 2.76 bits per heavy atom. The molecule has 5 heteroatoms. The fraction of sp³-hybridized carbons (Fsp3) is 0.250. The summed E-state index contributed by atoms with van der Waals surface area (Å²) in [4.78, 5) is 13.9. The molecule has 0 saturated carbocycles. The Labute approximate surface area is 169 Å². The number of hydrogen-bond donors (Lipinski definition) is 0. The first-order valence-corrected chi connectivity index (χ1v) is 8.25. The van der Waals surface area contributed by atoms with Crippen molar-refractivity contribution in [1.82, 2.24) is 19.5 Å². The molecule has 0 fully saturated rings. The van der Waals surface area contributed by atoms with Crippen molar-refractivity contribution in [2.75, 3.05) is 0 Å². The maximum Gasteiger partial charge on any atom is 1.00 e. The summed E-state index contributed by atoms with van der Waals surface area (Å²) in [5, 5.41) is 1.16. The minimum Gasteiger partial charge on any atom is -0.386 e. The summed E-state index contributed by atoms with van der Waals surface area (Å²) in [5.74, 6) is 1.07. The zero-order chi connectivity index (χ0) is 16.7. The number of hydrogen-bond acceptors (Lipinski definition) is 3. The monoisotopic (exact) mass is 338 g/mol. The SMILES string of the molecule is CCc1nc2c(C)cc(C)nc2n1Cc1cccc2n[c-]ccc12.[Na+]. The van der Waals surface area contributed by atoms with E-state index in [2.05, 4.69) is 47.8 Å². The third kappa shape index (κ3) is 3.22. The number of pyridine rings is 2. The van der Waals surface area contributed by atoms with Crippen LogP contribution in [0.5, 0.6) is 0 Å². The molecule has 3 aromatic heterocycles. The van der Waals surface area contributed by atoms with E-state index in [1.807, 2.05) is 25.1 Å². The van der Waals surface area contributed by atoms with Gasteiger partial charge in [0.25, 0.3) is 0 Å². The number of rotatable bonds is 3. The molecule has 25 heavy (non-hydrogen) atoms. The summed E-state index contributed by atoms with van der Waals surface area (Å²) in [6.45, 7) is 7.02. The van der Waals surface area contributed by atoms with Crippen LogP contribution in [0.2, 0.25) is 0 Å². The molecule has 0 aliphatic carbocycles. The van der Waals surface area contributed by atoms with Crippen LogP contribution in [0.1, 0.15) is 29.6 Å². The minimum atomic E-state index is 0. The van der Waals surface area contributed by atoms with Gasteiger partial charge in [0.15, 0.2) is 5.65 Å². The van der Waals surface area contributed by atoms with Gasteiger partial charge in [-0.15, -0.1) is 5.39 Å². The molecule has 0 radical (unpaired) electrons. The van der Waals surface area contributed by atoms with Gasteiger partial charge >= 0.3 is 29.6 Å². The van der Waals surface area contributed by atoms with Crippen molar-refractivity contribution in [1.29, 1.82) is 0 Å². The van der Waals surface area contributed by atoms with Crippen molar-refractivity contribution in [2.24, 2.45) is 0 Å². The van der Waals surface area contributed by atoms with Gasteiger partial charge in [-0.1, -0.05) is 31.3 Å². The van der Waals surface area contributed by atoms with E-state index >= 15 is 0 Å². The molecule has 0 aliphatic heterocycles. The molecule has 4 rings (SSSR count). The van der Waals surface area contributed by atoms with E-state index in [0.717, 1.165) is 46.6 Å². The summed E-state index contributed by atoms with van der Waals surface area (Å²) < 4.78 is 2.24. The molecule has 0 unspecified atom stereocenters. The van der Waals surface area contributed by atoms with Crippen LogP contribution in [0.15, 0.2) is 36.4 Å². The van der Waals surface area contributed by atoms with E-state index in [-0.39, 0.29) is 29.6 Å². The Hall–Kier alpha value is -1.75. The van der Waals surface area contributed by atoms with Crippen LogP contribution in [0.3, 0.4) is 0 Å². The molecule has 0 saturated heterocycles. The molecule has 4 aromatic rings. The second-order valence-electron chi connectivity index (χ2n) is 6.14. The van der Waals surface area contributed by atoms with Gasteiger partial charge in [-0.05, 0) is 36.6 Å². The van der Waals surface area contributed by atoms with Crippen molar-refractivity contribution in [3.63, 3.8) is 0 Å². The van der Waals surface area contributed by atoms with Gasteiger partial charge in [-0.25, -0.2) is 9.97 Å². The number of fused-ring (bicyclic) bond motifs is 2. The van der Waals surface area contributed by atoms with Crippen LogP contribution in [0, 0.1) is 20.0 Å². The van der Waals surface area contributed by atoms with E-state index in [9.17, 15) is 0 Å². The Balaban J connectivity index is 0.00000182. The van der Waals surface area contributed by atoms with E-state index in [1.165, 1.54) is 11.1 Å². The first-order valence-electron chi connectivity index (χ1n) is 8.25. The largest absolute Gasteiger partial charge is 1.00 e. The van der Waals surface area contributed by atoms with E-state index in [1.54, 1.807) is 0 Å². The van der Waals surface area contributed by atoms with Crippen LogP contribution < -0.4 is 29.6 Å². The summed E-state index contributed by atoms with van der Waals surface area (Å²) >= 11 is 0. The van der Waals surface area contributed by atoms with Crippen LogP contribution >= 0.6 is 0 Å². The molecule has 4 nitrogen and oxygen atoms in total. The molecule has 1 aromatic carbocycles. The molecule has 0 spiro atoms. The zero-order valence-corrected chi connectivity index (χ0v) is 17.2. The molecule has 0 atom stereocenters. The van der Waals surface area contributed by atoms with Gasteiger partial charge in [0, 0.05) is 18.7 Å². The molecule has 3 heterocycles. The van der Waals surface area contributed by atoms with Crippen molar-refractivity contribution < 1.29 is 29.6 Å². The van der Waals surface area contributed by atoms with Gasteiger partial charge in [0.1, 0.15) is 11.3 Å². The summed E-state index contributed by atoms with van der Waals surface area (Å²) in [6.07, 6.45) is 3.79. The van der Waals surface area contributed by atoms with Crippen LogP contribution in [-0.2, 0) is 13.0 Å². The molecule has 0 amide bonds. The molecular weight excluding hydrogens is 319 g/mol. The van der Waals surface area contributed by atoms with E-state index < -0.39 is 0 Å². The molecule has 0 bridgehead atoms. The molecular formula is C20H19N4Na. The maximum absolute atomic E-state index is 4.83. The average molecular weight is 338 g/mol. The number of aromatic nitrogens is 4. The van der Waals surface area contributed by atoms with Crippen LogP contribution in [0.4, 0.5) is 0 Å². The van der Waals surface area contributed by atoms with Crippen molar-refractivity contribution in [3.05, 3.63) is 65.2 Å². The van der Waals surface area contributed by atoms with Gasteiger partial charge in [-0.3, -0.25) is 0 Å². The zero-order valence-electron chi connectivity index (χ0n) is 15.2. The first-order chi connectivity index (χ1) is 11.7. The predicted octanol–water partition coefficient (Wildman–Crippen LogP) is 1.01. The quantitative estimate of drug-likeness (QED) is 0.414. The Bertz CT molecular complexity index is 1050. The Morgan fingerprint density at radius 1 is 1.12 bits per heavy atom. The fourth-order valence-corrected chi connectivity index (χ4v) is 3.31. The minimum absolute atomic E-state index is 0. The third-order valence-electron chi connectivity index (χ3n) is 4.43. The van der Waals surface area contributed by atoms with Gasteiger partial charge in [0.05, 0.1) is 0 Å². The number of benzene rings is 1. The average Bonchev–Trinajstić information content (AvgIpc) is 2.93. The Morgan fingerprint density at radius 2 is 1.96 bits per heavy atom. The standard InChI is InChI=1S/C20H19N4.Na/c1-4-18-23-19-13(2)11-14(3)22-20(19)24(18)12-15-7-5-9-17-16(15)8-6-10-21-17;/h5-9,11H,4,12H2,1-3H3;/q-1;+1. The van der Waals surface area contributed by atoms with Crippen molar-refractivity contribution >= 4 is 22.1 Å². The second-order valence-corrected chi connectivity index (χ2v) is 6.14. The van der Waals surface area contributed by atoms with Gasteiger partial charge in [-0.2, -0.15) is 12.1 Å².